The number of nitrogens with one attached hydrogen (secondary N) is 1. The normalized spacial score (nSPS) is 11.9. The number of aromatic nitrogens is 2. The van der Waals surface area contributed by atoms with E-state index in [1.54, 1.807) is 7.05 Å². The van der Waals surface area contributed by atoms with Crippen molar-refractivity contribution >= 4 is 54.7 Å². The fourth-order valence-corrected chi connectivity index (χ4v) is 4.78. The molecule has 0 fully saturated rings. The summed E-state index contributed by atoms with van der Waals surface area (Å²) in [5, 5.41) is 4.31. The molecule has 0 unspecified atom stereocenters. The third-order valence-corrected chi connectivity index (χ3v) is 6.75. The van der Waals surface area contributed by atoms with Crippen molar-refractivity contribution in [2.45, 2.75) is 10.8 Å². The zero-order valence-electron chi connectivity index (χ0n) is 9.72. The molecule has 2 rings (SSSR count). The Labute approximate surface area is 127 Å². The van der Waals surface area contributed by atoms with E-state index >= 15 is 0 Å². The number of hydrogen-bond acceptors (Lipinski definition) is 5. The van der Waals surface area contributed by atoms with E-state index in [0.29, 0.717) is 20.2 Å². The monoisotopic (exact) mass is 384 g/mol. The molecule has 0 spiro atoms. The van der Waals surface area contributed by atoms with E-state index < -0.39 is 10.0 Å². The lowest BCUT2D eigenvalue weighted by atomic mass is 10.3. The van der Waals surface area contributed by atoms with E-state index in [9.17, 15) is 8.42 Å². The Kier molecular flexibility index (Phi) is 4.21. The van der Waals surface area contributed by atoms with Crippen LogP contribution in [0.1, 0.15) is 5.56 Å². The van der Waals surface area contributed by atoms with Crippen molar-refractivity contribution in [2.75, 3.05) is 5.73 Å². The van der Waals surface area contributed by atoms with Crippen LogP contribution in [-0.2, 0) is 23.6 Å². The lowest BCUT2D eigenvalue weighted by Crippen LogP contribution is -2.22. The number of nitrogen functional groups attached to an aromatic ring is 1. The van der Waals surface area contributed by atoms with E-state index in [1.807, 2.05) is 0 Å². The minimum absolute atomic E-state index is 0.0785. The van der Waals surface area contributed by atoms with Crippen LogP contribution in [0, 0.1) is 0 Å². The number of thiophene rings is 1. The summed E-state index contributed by atoms with van der Waals surface area (Å²) in [5.41, 5.74) is 6.36. The molecule has 6 nitrogen and oxygen atoms in total. The van der Waals surface area contributed by atoms with E-state index in [1.165, 1.54) is 16.9 Å². The number of rotatable bonds is 4. The number of nitrogens with two attached hydrogens (primary N) is 1. The Morgan fingerprint density at radius 1 is 1.63 bits per heavy atom. The van der Waals surface area contributed by atoms with Gasteiger partial charge in [-0.15, -0.1) is 11.3 Å². The lowest BCUT2D eigenvalue weighted by molar-refractivity contribution is 0.583. The second-order valence-corrected chi connectivity index (χ2v) is 8.46. The molecule has 104 valence electrons. The Bertz CT molecular complexity index is 690. The third-order valence-electron chi connectivity index (χ3n) is 2.40. The van der Waals surface area contributed by atoms with Crippen molar-refractivity contribution in [3.05, 3.63) is 26.6 Å². The smallest absolute Gasteiger partial charge is 0.250 e. The van der Waals surface area contributed by atoms with Crippen molar-refractivity contribution in [3.63, 3.8) is 0 Å². The second-order valence-electron chi connectivity index (χ2n) is 3.69. The molecule has 3 N–H and O–H groups in total. The molecule has 10 heteroatoms. The van der Waals surface area contributed by atoms with E-state index in [2.05, 4.69) is 25.8 Å². The van der Waals surface area contributed by atoms with Crippen LogP contribution in [0.5, 0.6) is 0 Å². The highest BCUT2D eigenvalue weighted by molar-refractivity contribution is 9.11. The fraction of sp³-hybridized carbons (Fsp3) is 0.222. The van der Waals surface area contributed by atoms with Gasteiger partial charge in [-0.1, -0.05) is 11.6 Å². The first-order valence-corrected chi connectivity index (χ1v) is 8.49. The van der Waals surface area contributed by atoms with Gasteiger partial charge in [-0.05, 0) is 22.0 Å². The highest BCUT2D eigenvalue weighted by atomic mass is 79.9. The lowest BCUT2D eigenvalue weighted by Gasteiger charge is -2.04. The summed E-state index contributed by atoms with van der Waals surface area (Å²) < 4.78 is 28.7. The molecule has 0 saturated carbocycles. The van der Waals surface area contributed by atoms with Crippen LogP contribution in [0.4, 0.5) is 5.82 Å². The number of nitrogens with zero attached hydrogens (tertiary/aromatic N) is 2. The first kappa shape index (κ1) is 14.8. The predicted molar refractivity (Wildman–Crippen MR) is 78.7 cm³/mol. The van der Waals surface area contributed by atoms with E-state index in [4.69, 9.17) is 17.3 Å². The van der Waals surface area contributed by atoms with Gasteiger partial charge in [0, 0.05) is 19.2 Å². The van der Waals surface area contributed by atoms with Crippen LogP contribution in [0.3, 0.4) is 0 Å². The summed E-state index contributed by atoms with van der Waals surface area (Å²) in [6.45, 7) is 0.0785. The number of sulfonamides is 1. The first-order chi connectivity index (χ1) is 8.81. The van der Waals surface area contributed by atoms with Crippen molar-refractivity contribution in [2.24, 2.45) is 7.05 Å². The minimum atomic E-state index is -3.61. The fourth-order valence-electron chi connectivity index (χ4n) is 1.33. The van der Waals surface area contributed by atoms with Gasteiger partial charge in [-0.25, -0.2) is 13.1 Å². The minimum Gasteiger partial charge on any atom is -0.384 e. The quantitative estimate of drug-likeness (QED) is 0.842. The van der Waals surface area contributed by atoms with Crippen LogP contribution in [-0.4, -0.2) is 18.2 Å². The van der Waals surface area contributed by atoms with Gasteiger partial charge in [0.1, 0.15) is 10.0 Å². The third kappa shape index (κ3) is 3.11. The molecule has 2 aromatic rings. The molecule has 2 heterocycles. The van der Waals surface area contributed by atoms with Crippen molar-refractivity contribution in [3.8, 4) is 0 Å². The van der Waals surface area contributed by atoms with Crippen LogP contribution >= 0.6 is 38.9 Å². The molecule has 0 bridgehead atoms. The van der Waals surface area contributed by atoms with Crippen molar-refractivity contribution in [1.29, 1.82) is 0 Å². The maximum Gasteiger partial charge on any atom is 0.250 e. The SMILES string of the molecule is Cn1ncc(CNS(=O)(=O)c2cc(Cl)c(Br)s2)c1N. The molecule has 0 radical (unpaired) electrons. The maximum absolute atomic E-state index is 12.0. The molecule has 0 aliphatic heterocycles. The van der Waals surface area contributed by atoms with Crippen LogP contribution in [0.15, 0.2) is 20.3 Å². The Hall–Kier alpha value is -0.610. The maximum atomic E-state index is 12.0. The predicted octanol–water partition coefficient (Wildman–Crippen LogP) is 1.96. The largest absolute Gasteiger partial charge is 0.384 e. The van der Waals surface area contributed by atoms with Crippen LogP contribution < -0.4 is 10.5 Å². The zero-order valence-corrected chi connectivity index (χ0v) is 13.7. The van der Waals surface area contributed by atoms with Crippen LogP contribution in [0.2, 0.25) is 5.02 Å². The van der Waals surface area contributed by atoms with Crippen molar-refractivity contribution < 1.29 is 8.42 Å². The zero-order chi connectivity index (χ0) is 14.2. The average Bonchev–Trinajstić information content (AvgIpc) is 2.84. The van der Waals surface area contributed by atoms with Crippen molar-refractivity contribution in [1.82, 2.24) is 14.5 Å². The Balaban J connectivity index is 2.16. The molecule has 0 aliphatic rings. The van der Waals surface area contributed by atoms with Gasteiger partial charge >= 0.3 is 0 Å². The standard InChI is InChI=1S/C9H10BrClN4O2S2/c1-15-9(12)5(3-13-15)4-14-19(16,17)7-2-6(11)8(10)18-7/h2-3,14H,4,12H2,1H3. The summed E-state index contributed by atoms with van der Waals surface area (Å²) in [6, 6.07) is 1.39. The molecular weight excluding hydrogens is 376 g/mol. The van der Waals surface area contributed by atoms with Gasteiger partial charge < -0.3 is 5.73 Å². The number of halogens is 2. The average molecular weight is 386 g/mol. The van der Waals surface area contributed by atoms with Gasteiger partial charge in [0.2, 0.25) is 10.0 Å². The topological polar surface area (TPSA) is 90.0 Å². The number of hydrogen-bond donors (Lipinski definition) is 2. The molecule has 19 heavy (non-hydrogen) atoms. The summed E-state index contributed by atoms with van der Waals surface area (Å²) in [5.74, 6) is 0.424. The second kappa shape index (κ2) is 5.41. The summed E-state index contributed by atoms with van der Waals surface area (Å²) >= 11 is 10.0. The highest BCUT2D eigenvalue weighted by Gasteiger charge is 2.19. The molecular formula is C9H10BrClN4O2S2. The van der Waals surface area contributed by atoms with Gasteiger partial charge in [-0.2, -0.15) is 5.10 Å². The molecule has 0 saturated heterocycles. The highest BCUT2D eigenvalue weighted by Crippen LogP contribution is 2.34. The summed E-state index contributed by atoms with van der Waals surface area (Å²) in [7, 11) is -1.92. The van der Waals surface area contributed by atoms with Gasteiger partial charge in [-0.3, -0.25) is 4.68 Å². The molecule has 0 aromatic carbocycles. The first-order valence-electron chi connectivity index (χ1n) is 5.02. The van der Waals surface area contributed by atoms with E-state index in [0.717, 1.165) is 11.3 Å². The van der Waals surface area contributed by atoms with Gasteiger partial charge in [0.25, 0.3) is 0 Å². The summed E-state index contributed by atoms with van der Waals surface area (Å²) in [4.78, 5) is 0. The number of anilines is 1. The van der Waals surface area contributed by atoms with Crippen LogP contribution in [0.25, 0.3) is 0 Å². The Morgan fingerprint density at radius 2 is 2.32 bits per heavy atom. The molecule has 2 aromatic heterocycles. The molecule has 0 atom stereocenters. The number of aryl methyl sites for hydroxylation is 1. The molecule has 0 amide bonds. The van der Waals surface area contributed by atoms with Gasteiger partial charge in [0.05, 0.1) is 15.0 Å². The molecule has 0 aliphatic carbocycles. The summed E-state index contributed by atoms with van der Waals surface area (Å²) in [6.07, 6.45) is 1.52. The van der Waals surface area contributed by atoms with E-state index in [-0.39, 0.29) is 10.8 Å². The Morgan fingerprint density at radius 3 is 2.79 bits per heavy atom. The van der Waals surface area contributed by atoms with Gasteiger partial charge in [0.15, 0.2) is 0 Å².